The Kier molecular flexibility index (Phi) is 10.8. The van der Waals surface area contributed by atoms with Crippen molar-refractivity contribution in [2.45, 2.75) is 40.8 Å². The van der Waals surface area contributed by atoms with E-state index in [2.05, 4.69) is 70.5 Å². The summed E-state index contributed by atoms with van der Waals surface area (Å²) in [6.07, 6.45) is 0. The van der Waals surface area contributed by atoms with Crippen LogP contribution in [0.2, 0.25) is 0 Å². The van der Waals surface area contributed by atoms with Gasteiger partial charge < -0.3 is 0 Å². The van der Waals surface area contributed by atoms with Crippen molar-refractivity contribution in [1.82, 2.24) is 9.80 Å². The second-order valence-corrected chi connectivity index (χ2v) is 5.52. The van der Waals surface area contributed by atoms with E-state index in [4.69, 9.17) is 0 Å². The van der Waals surface area contributed by atoms with Gasteiger partial charge in [0.25, 0.3) is 0 Å². The van der Waals surface area contributed by atoms with Crippen molar-refractivity contribution in [2.75, 3.05) is 26.2 Å². The third kappa shape index (κ3) is 7.29. The second kappa shape index (κ2) is 12.7. The Morgan fingerprint density at radius 2 is 0.833 bits per heavy atom. The van der Waals surface area contributed by atoms with Crippen LogP contribution in [0.4, 0.5) is 0 Å². The molecule has 1 saturated heterocycles. The van der Waals surface area contributed by atoms with Gasteiger partial charge in [0, 0.05) is 39.3 Å². The van der Waals surface area contributed by atoms with Crippen LogP contribution in [-0.4, -0.2) is 36.0 Å². The molecule has 0 radical (unpaired) electrons. The topological polar surface area (TPSA) is 6.48 Å². The van der Waals surface area contributed by atoms with E-state index in [-0.39, 0.29) is 0 Å². The number of hydrogen-bond donors (Lipinski definition) is 0. The third-order valence-corrected chi connectivity index (χ3v) is 3.96. The van der Waals surface area contributed by atoms with Crippen molar-refractivity contribution in [3.8, 4) is 0 Å². The summed E-state index contributed by atoms with van der Waals surface area (Å²) in [5, 5.41) is 0. The van der Waals surface area contributed by atoms with E-state index in [1.54, 1.807) is 0 Å². The van der Waals surface area contributed by atoms with Gasteiger partial charge in [0.15, 0.2) is 0 Å². The van der Waals surface area contributed by atoms with E-state index < -0.39 is 0 Å². The summed E-state index contributed by atoms with van der Waals surface area (Å²) in [7, 11) is 0. The molecule has 0 saturated carbocycles. The first-order valence-corrected chi connectivity index (χ1v) is 9.43. The van der Waals surface area contributed by atoms with Crippen molar-refractivity contribution in [3.05, 3.63) is 71.8 Å². The molecule has 2 nitrogen and oxygen atoms in total. The highest BCUT2D eigenvalue weighted by Gasteiger charge is 2.16. The van der Waals surface area contributed by atoms with Crippen molar-refractivity contribution in [3.63, 3.8) is 0 Å². The van der Waals surface area contributed by atoms with Gasteiger partial charge >= 0.3 is 0 Å². The highest BCUT2D eigenvalue weighted by molar-refractivity contribution is 5.15. The van der Waals surface area contributed by atoms with Gasteiger partial charge in [-0.2, -0.15) is 0 Å². The zero-order valence-corrected chi connectivity index (χ0v) is 15.9. The van der Waals surface area contributed by atoms with Gasteiger partial charge in [-0.25, -0.2) is 0 Å². The lowest BCUT2D eigenvalue weighted by molar-refractivity contribution is 0.122. The van der Waals surface area contributed by atoms with Gasteiger partial charge in [-0.3, -0.25) is 9.80 Å². The number of piperazine rings is 1. The lowest BCUT2D eigenvalue weighted by atomic mass is 10.1. The standard InChI is InChI=1S/C18H22N2.2C2H6/c1-3-7-17(8-4-1)15-19-11-13-20(14-12-19)16-18-9-5-2-6-10-18;2*1-2/h1-10H,11-16H2;2*1-2H3. The summed E-state index contributed by atoms with van der Waals surface area (Å²) in [5.74, 6) is 0. The molecular weight excluding hydrogens is 292 g/mol. The summed E-state index contributed by atoms with van der Waals surface area (Å²) in [5.41, 5.74) is 2.84. The van der Waals surface area contributed by atoms with E-state index >= 15 is 0 Å². The molecule has 1 aliphatic heterocycles. The molecule has 0 aliphatic carbocycles. The number of nitrogens with zero attached hydrogens (tertiary/aromatic N) is 2. The smallest absolute Gasteiger partial charge is 0.0234 e. The zero-order valence-electron chi connectivity index (χ0n) is 15.9. The largest absolute Gasteiger partial charge is 0.297 e. The maximum atomic E-state index is 2.55. The first-order chi connectivity index (χ1) is 11.9. The zero-order chi connectivity index (χ0) is 17.6. The molecule has 2 aromatic rings. The predicted molar refractivity (Wildman–Crippen MR) is 106 cm³/mol. The fourth-order valence-corrected chi connectivity index (χ4v) is 2.79. The first kappa shape index (κ1) is 20.4. The van der Waals surface area contributed by atoms with Gasteiger partial charge in [-0.15, -0.1) is 0 Å². The Balaban J connectivity index is 0.000000671. The molecule has 24 heavy (non-hydrogen) atoms. The minimum absolute atomic E-state index is 1.08. The average molecular weight is 327 g/mol. The number of hydrogen-bond acceptors (Lipinski definition) is 2. The normalized spacial score (nSPS) is 14.8. The van der Waals surface area contributed by atoms with Gasteiger partial charge in [-0.1, -0.05) is 88.4 Å². The molecule has 2 aromatic carbocycles. The average Bonchev–Trinajstić information content (AvgIpc) is 2.68. The Labute approximate surface area is 149 Å². The lowest BCUT2D eigenvalue weighted by Crippen LogP contribution is -2.45. The van der Waals surface area contributed by atoms with Crippen molar-refractivity contribution >= 4 is 0 Å². The summed E-state index contributed by atoms with van der Waals surface area (Å²) < 4.78 is 0. The van der Waals surface area contributed by atoms with E-state index in [1.807, 2.05) is 27.7 Å². The second-order valence-electron chi connectivity index (χ2n) is 5.52. The predicted octanol–water partition coefficient (Wildman–Crippen LogP) is 5.06. The fraction of sp³-hybridized carbons (Fsp3) is 0.455. The van der Waals surface area contributed by atoms with E-state index in [9.17, 15) is 0 Å². The van der Waals surface area contributed by atoms with Crippen molar-refractivity contribution < 1.29 is 0 Å². The summed E-state index contributed by atoms with van der Waals surface area (Å²) in [6.45, 7) is 14.8. The van der Waals surface area contributed by atoms with Crippen LogP contribution in [0.5, 0.6) is 0 Å². The third-order valence-electron chi connectivity index (χ3n) is 3.96. The summed E-state index contributed by atoms with van der Waals surface area (Å²) >= 11 is 0. The molecule has 3 rings (SSSR count). The molecule has 0 bridgehead atoms. The van der Waals surface area contributed by atoms with Crippen LogP contribution in [0.3, 0.4) is 0 Å². The summed E-state index contributed by atoms with van der Waals surface area (Å²) in [4.78, 5) is 5.10. The molecule has 0 spiro atoms. The Morgan fingerprint density at radius 1 is 0.542 bits per heavy atom. The first-order valence-electron chi connectivity index (χ1n) is 9.43. The SMILES string of the molecule is CC.CC.c1ccc(CN2CCN(Cc3ccccc3)CC2)cc1. The van der Waals surface area contributed by atoms with E-state index in [0.717, 1.165) is 13.1 Å². The van der Waals surface area contributed by atoms with Crippen LogP contribution < -0.4 is 0 Å². The Bertz CT molecular complexity index is 453. The quantitative estimate of drug-likeness (QED) is 0.775. The molecule has 0 N–H and O–H groups in total. The molecule has 0 atom stereocenters. The summed E-state index contributed by atoms with van der Waals surface area (Å²) in [6, 6.07) is 21.5. The van der Waals surface area contributed by atoms with Gasteiger partial charge in [0.1, 0.15) is 0 Å². The van der Waals surface area contributed by atoms with Crippen LogP contribution in [-0.2, 0) is 13.1 Å². The highest BCUT2D eigenvalue weighted by Crippen LogP contribution is 2.11. The molecule has 132 valence electrons. The Hall–Kier alpha value is -1.64. The van der Waals surface area contributed by atoms with Gasteiger partial charge in [0.2, 0.25) is 0 Å². The molecule has 1 aliphatic rings. The highest BCUT2D eigenvalue weighted by atomic mass is 15.3. The van der Waals surface area contributed by atoms with Gasteiger partial charge in [0.05, 0.1) is 0 Å². The van der Waals surface area contributed by atoms with Crippen LogP contribution >= 0.6 is 0 Å². The number of benzene rings is 2. The lowest BCUT2D eigenvalue weighted by Gasteiger charge is -2.34. The molecule has 1 heterocycles. The molecule has 0 aromatic heterocycles. The fourth-order valence-electron chi connectivity index (χ4n) is 2.79. The monoisotopic (exact) mass is 326 g/mol. The van der Waals surface area contributed by atoms with Crippen molar-refractivity contribution in [1.29, 1.82) is 0 Å². The Morgan fingerprint density at radius 3 is 1.12 bits per heavy atom. The van der Waals surface area contributed by atoms with Crippen LogP contribution in [0.15, 0.2) is 60.7 Å². The van der Waals surface area contributed by atoms with Crippen molar-refractivity contribution in [2.24, 2.45) is 0 Å². The molecule has 1 fully saturated rings. The molecule has 0 unspecified atom stereocenters. The minimum Gasteiger partial charge on any atom is -0.297 e. The maximum absolute atomic E-state index is 2.55. The van der Waals surface area contributed by atoms with Gasteiger partial charge in [-0.05, 0) is 11.1 Å². The van der Waals surface area contributed by atoms with E-state index in [1.165, 1.54) is 37.3 Å². The molecular formula is C22H34N2. The number of rotatable bonds is 4. The van der Waals surface area contributed by atoms with Crippen LogP contribution in [0.25, 0.3) is 0 Å². The van der Waals surface area contributed by atoms with E-state index in [0.29, 0.717) is 0 Å². The minimum atomic E-state index is 1.08. The van der Waals surface area contributed by atoms with Crippen LogP contribution in [0.1, 0.15) is 38.8 Å². The molecule has 0 amide bonds. The maximum Gasteiger partial charge on any atom is 0.0234 e. The molecule has 2 heteroatoms. The van der Waals surface area contributed by atoms with Crippen LogP contribution in [0, 0.1) is 0 Å².